The van der Waals surface area contributed by atoms with Crippen molar-refractivity contribution in [3.05, 3.63) is 41.7 Å². The monoisotopic (exact) mass is 310 g/mol. The minimum Gasteiger partial charge on any atom is -0.492 e. The quantitative estimate of drug-likeness (QED) is 0.859. The van der Waals surface area contributed by atoms with Crippen molar-refractivity contribution in [2.75, 3.05) is 13.1 Å². The molecule has 1 spiro atoms. The van der Waals surface area contributed by atoms with E-state index in [2.05, 4.69) is 6.07 Å². The van der Waals surface area contributed by atoms with Crippen molar-refractivity contribution >= 4 is 11.5 Å². The van der Waals surface area contributed by atoms with Crippen molar-refractivity contribution in [1.29, 1.82) is 5.26 Å². The molecule has 1 amide bonds. The van der Waals surface area contributed by atoms with Crippen LogP contribution in [0, 0.1) is 11.3 Å². The van der Waals surface area contributed by atoms with Crippen LogP contribution in [0.15, 0.2) is 30.5 Å². The van der Waals surface area contributed by atoms with Crippen LogP contribution in [-0.4, -0.2) is 29.5 Å². The Kier molecular flexibility index (Phi) is 4.38. The van der Waals surface area contributed by atoms with Crippen molar-refractivity contribution in [2.45, 2.75) is 44.6 Å². The van der Waals surface area contributed by atoms with E-state index in [1.54, 1.807) is 0 Å². The number of amides is 1. The second kappa shape index (κ2) is 6.45. The molecule has 1 aromatic rings. The van der Waals surface area contributed by atoms with Crippen LogP contribution in [0.25, 0.3) is 5.57 Å². The van der Waals surface area contributed by atoms with Crippen molar-refractivity contribution in [1.82, 2.24) is 4.90 Å². The normalized spacial score (nSPS) is 23.3. The summed E-state index contributed by atoms with van der Waals surface area (Å²) in [5.41, 5.74) is 2.65. The van der Waals surface area contributed by atoms with Crippen LogP contribution in [-0.2, 0) is 9.53 Å². The smallest absolute Gasteiger partial charge is 0.222 e. The molecule has 1 atom stereocenters. The first-order chi connectivity index (χ1) is 11.2. The van der Waals surface area contributed by atoms with Crippen molar-refractivity contribution in [3.8, 4) is 6.07 Å². The van der Waals surface area contributed by atoms with Gasteiger partial charge in [0.15, 0.2) is 0 Å². The number of rotatable bonds is 3. The molecule has 4 nitrogen and oxygen atoms in total. The number of carbonyl (C=O) groups excluding carboxylic acids is 1. The number of nitrogens with zero attached hydrogens (tertiary/aromatic N) is 2. The molecule has 1 fully saturated rings. The van der Waals surface area contributed by atoms with Gasteiger partial charge in [0.25, 0.3) is 0 Å². The van der Waals surface area contributed by atoms with E-state index in [1.807, 2.05) is 42.4 Å². The fourth-order valence-corrected chi connectivity index (χ4v) is 3.48. The lowest BCUT2D eigenvalue weighted by Crippen LogP contribution is -2.50. The highest BCUT2D eigenvalue weighted by molar-refractivity contribution is 5.76. The van der Waals surface area contributed by atoms with Crippen molar-refractivity contribution < 1.29 is 9.53 Å². The summed E-state index contributed by atoms with van der Waals surface area (Å²) in [6.45, 7) is 3.56. The molecule has 1 unspecified atom stereocenters. The molecule has 3 rings (SSSR count). The van der Waals surface area contributed by atoms with Crippen LogP contribution < -0.4 is 0 Å². The fourth-order valence-electron chi connectivity index (χ4n) is 3.48. The summed E-state index contributed by atoms with van der Waals surface area (Å²) >= 11 is 0. The molecule has 0 aliphatic carbocycles. The summed E-state index contributed by atoms with van der Waals surface area (Å²) in [5, 5.41) is 8.89. The molecule has 1 aromatic carbocycles. The number of hydrogen-bond acceptors (Lipinski definition) is 3. The predicted octanol–water partition coefficient (Wildman–Crippen LogP) is 3.48. The molecule has 0 N–H and O–H groups in total. The molecular formula is C19H22N2O2. The summed E-state index contributed by atoms with van der Waals surface area (Å²) in [7, 11) is 0. The third kappa shape index (κ3) is 3.24. The number of hydrogen-bond donors (Lipinski definition) is 0. The Morgan fingerprint density at radius 3 is 2.87 bits per heavy atom. The Hall–Kier alpha value is -2.28. The van der Waals surface area contributed by atoms with Crippen LogP contribution in [0.2, 0.25) is 0 Å². The lowest BCUT2D eigenvalue weighted by atomic mass is 9.86. The summed E-state index contributed by atoms with van der Waals surface area (Å²) in [4.78, 5) is 14.1. The number of carbonyl (C=O) groups is 1. The molecule has 120 valence electrons. The highest BCUT2D eigenvalue weighted by atomic mass is 16.5. The first kappa shape index (κ1) is 15.6. The molecule has 0 radical (unpaired) electrons. The van der Waals surface area contributed by atoms with Crippen LogP contribution in [0.5, 0.6) is 0 Å². The zero-order valence-electron chi connectivity index (χ0n) is 13.5. The number of benzene rings is 1. The molecule has 1 saturated heterocycles. The van der Waals surface area contributed by atoms with Gasteiger partial charge < -0.3 is 9.64 Å². The van der Waals surface area contributed by atoms with Gasteiger partial charge in [-0.2, -0.15) is 5.26 Å². The van der Waals surface area contributed by atoms with Crippen LogP contribution >= 0.6 is 0 Å². The van der Waals surface area contributed by atoms with Gasteiger partial charge in [0.05, 0.1) is 24.4 Å². The van der Waals surface area contributed by atoms with E-state index < -0.39 is 0 Å². The topological polar surface area (TPSA) is 53.3 Å². The zero-order valence-corrected chi connectivity index (χ0v) is 13.5. The summed E-state index contributed by atoms with van der Waals surface area (Å²) < 4.78 is 6.04. The largest absolute Gasteiger partial charge is 0.492 e. The van der Waals surface area contributed by atoms with Gasteiger partial charge in [-0.05, 0) is 42.5 Å². The third-order valence-electron chi connectivity index (χ3n) is 4.70. The van der Waals surface area contributed by atoms with E-state index in [4.69, 9.17) is 10.00 Å². The van der Waals surface area contributed by atoms with Crippen LogP contribution in [0.1, 0.15) is 50.2 Å². The summed E-state index contributed by atoms with van der Waals surface area (Å²) in [6.07, 6.45) is 6.15. The van der Waals surface area contributed by atoms with E-state index in [1.165, 1.54) is 0 Å². The molecule has 2 heterocycles. The van der Waals surface area contributed by atoms with Crippen LogP contribution in [0.4, 0.5) is 0 Å². The first-order valence-electron chi connectivity index (χ1n) is 8.31. The van der Waals surface area contributed by atoms with Crippen molar-refractivity contribution in [2.24, 2.45) is 0 Å². The third-order valence-corrected chi connectivity index (χ3v) is 4.70. The lowest BCUT2D eigenvalue weighted by Gasteiger charge is -2.39. The standard InChI is InChI=1S/C19H22N2O2/c1-2-4-18(22)21-10-3-9-19(14-21)11-17(13-23-19)16-7-5-15(12-20)6-8-16/h5-8,13H,2-4,9-11,14H2,1H3. The first-order valence-corrected chi connectivity index (χ1v) is 8.31. The van der Waals surface area contributed by atoms with Gasteiger partial charge in [-0.3, -0.25) is 4.79 Å². The average Bonchev–Trinajstić information content (AvgIpc) is 2.98. The van der Waals surface area contributed by atoms with Gasteiger partial charge in [-0.1, -0.05) is 19.1 Å². The molecule has 4 heteroatoms. The minimum absolute atomic E-state index is 0.238. The molecular weight excluding hydrogens is 288 g/mol. The molecule has 23 heavy (non-hydrogen) atoms. The predicted molar refractivity (Wildman–Crippen MR) is 88.3 cm³/mol. The summed E-state index contributed by atoms with van der Waals surface area (Å²) in [5.74, 6) is 0.238. The fraction of sp³-hybridized carbons (Fsp3) is 0.474. The molecule has 0 bridgehead atoms. The Bertz CT molecular complexity index is 657. The van der Waals surface area contributed by atoms with Gasteiger partial charge in [0.2, 0.25) is 5.91 Å². The number of ether oxygens (including phenoxy) is 1. The highest BCUT2D eigenvalue weighted by Gasteiger charge is 2.42. The molecule has 0 aromatic heterocycles. The molecule has 2 aliphatic rings. The number of likely N-dealkylation sites (tertiary alicyclic amines) is 1. The van der Waals surface area contributed by atoms with E-state index in [0.717, 1.165) is 43.4 Å². The SMILES string of the molecule is CCCC(=O)N1CCCC2(CC(c3ccc(C#N)cc3)=CO2)C1. The van der Waals surface area contributed by atoms with Gasteiger partial charge in [-0.15, -0.1) is 0 Å². The van der Waals surface area contributed by atoms with E-state index in [9.17, 15) is 4.79 Å². The molecule has 0 saturated carbocycles. The van der Waals surface area contributed by atoms with Crippen LogP contribution in [0.3, 0.4) is 0 Å². The Morgan fingerprint density at radius 2 is 2.17 bits per heavy atom. The minimum atomic E-state index is -0.259. The maximum absolute atomic E-state index is 12.2. The van der Waals surface area contributed by atoms with E-state index in [-0.39, 0.29) is 11.5 Å². The van der Waals surface area contributed by atoms with Gasteiger partial charge >= 0.3 is 0 Å². The van der Waals surface area contributed by atoms with Gasteiger partial charge in [0.1, 0.15) is 5.60 Å². The Labute approximate surface area is 137 Å². The zero-order chi connectivity index (χ0) is 16.3. The van der Waals surface area contributed by atoms with Crippen molar-refractivity contribution in [3.63, 3.8) is 0 Å². The molecule has 2 aliphatic heterocycles. The summed E-state index contributed by atoms with van der Waals surface area (Å²) in [6, 6.07) is 9.74. The second-order valence-corrected chi connectivity index (χ2v) is 6.48. The van der Waals surface area contributed by atoms with Gasteiger partial charge in [0, 0.05) is 19.4 Å². The Morgan fingerprint density at radius 1 is 1.39 bits per heavy atom. The van der Waals surface area contributed by atoms with E-state index in [0.29, 0.717) is 18.5 Å². The maximum atomic E-state index is 12.2. The van der Waals surface area contributed by atoms with E-state index >= 15 is 0 Å². The second-order valence-electron chi connectivity index (χ2n) is 6.48. The Balaban J connectivity index is 1.69. The number of nitriles is 1. The highest BCUT2D eigenvalue weighted by Crippen LogP contribution is 2.40. The maximum Gasteiger partial charge on any atom is 0.222 e. The number of piperidine rings is 1. The van der Waals surface area contributed by atoms with Gasteiger partial charge in [-0.25, -0.2) is 0 Å². The lowest BCUT2D eigenvalue weighted by molar-refractivity contribution is -0.137. The average molecular weight is 310 g/mol.